The average Bonchev–Trinajstić information content (AvgIpc) is 2.18. The van der Waals surface area contributed by atoms with E-state index in [-0.39, 0.29) is 11.7 Å². The molecule has 3 nitrogen and oxygen atoms in total. The molecule has 0 aromatic carbocycles. The predicted octanol–water partition coefficient (Wildman–Crippen LogP) is 0.236. The van der Waals surface area contributed by atoms with Crippen LogP contribution in [0.25, 0.3) is 0 Å². The highest BCUT2D eigenvalue weighted by Crippen LogP contribution is 2.31. The van der Waals surface area contributed by atoms with E-state index in [0.29, 0.717) is 0 Å². The first-order chi connectivity index (χ1) is 4.99. The van der Waals surface area contributed by atoms with E-state index >= 15 is 0 Å². The Morgan fingerprint density at radius 1 is 1.73 bits per heavy atom. The van der Waals surface area contributed by atoms with Gasteiger partial charge in [0.25, 0.3) is 0 Å². The van der Waals surface area contributed by atoms with E-state index in [2.05, 4.69) is 0 Å². The SMILES string of the molecule is CC(=O)C1(O)C(C)CCN1C. The van der Waals surface area contributed by atoms with Crippen LogP contribution >= 0.6 is 0 Å². The molecule has 1 saturated heterocycles. The summed E-state index contributed by atoms with van der Waals surface area (Å²) in [5.41, 5.74) is -1.19. The number of hydrogen-bond donors (Lipinski definition) is 1. The molecule has 11 heavy (non-hydrogen) atoms. The molecule has 2 atom stereocenters. The van der Waals surface area contributed by atoms with Crippen LogP contribution in [0.3, 0.4) is 0 Å². The fourth-order valence-corrected chi connectivity index (χ4v) is 1.75. The van der Waals surface area contributed by atoms with Gasteiger partial charge in [-0.1, -0.05) is 6.92 Å². The third kappa shape index (κ3) is 1.08. The molecule has 0 saturated carbocycles. The van der Waals surface area contributed by atoms with Crippen LogP contribution in [-0.4, -0.2) is 35.1 Å². The summed E-state index contributed by atoms with van der Waals surface area (Å²) in [6.07, 6.45) is 0.895. The van der Waals surface area contributed by atoms with Gasteiger partial charge in [0.05, 0.1) is 0 Å². The third-order valence-electron chi connectivity index (χ3n) is 2.68. The molecule has 0 aromatic heterocycles. The van der Waals surface area contributed by atoms with Crippen LogP contribution in [-0.2, 0) is 4.79 Å². The van der Waals surface area contributed by atoms with Crippen molar-refractivity contribution in [3.63, 3.8) is 0 Å². The Labute approximate surface area is 67.0 Å². The molecule has 3 heteroatoms. The Kier molecular flexibility index (Phi) is 2.03. The zero-order valence-corrected chi connectivity index (χ0v) is 7.29. The van der Waals surface area contributed by atoms with Crippen molar-refractivity contribution in [1.29, 1.82) is 0 Å². The van der Waals surface area contributed by atoms with E-state index in [1.165, 1.54) is 6.92 Å². The molecule has 1 fully saturated rings. The first-order valence-electron chi connectivity index (χ1n) is 3.94. The zero-order valence-electron chi connectivity index (χ0n) is 7.29. The Morgan fingerprint density at radius 3 is 2.45 bits per heavy atom. The first-order valence-corrected chi connectivity index (χ1v) is 3.94. The molecule has 0 aliphatic carbocycles. The van der Waals surface area contributed by atoms with Gasteiger partial charge in [0.15, 0.2) is 11.5 Å². The maximum atomic E-state index is 11.1. The summed E-state index contributed by atoms with van der Waals surface area (Å²) in [6.45, 7) is 4.15. The summed E-state index contributed by atoms with van der Waals surface area (Å²) in [4.78, 5) is 12.8. The van der Waals surface area contributed by atoms with Crippen molar-refractivity contribution in [3.8, 4) is 0 Å². The molecule has 0 amide bonds. The van der Waals surface area contributed by atoms with Crippen molar-refractivity contribution in [2.45, 2.75) is 26.0 Å². The maximum Gasteiger partial charge on any atom is 0.180 e. The Bertz CT molecular complexity index is 169. The van der Waals surface area contributed by atoms with Crippen molar-refractivity contribution in [2.75, 3.05) is 13.6 Å². The fourth-order valence-electron chi connectivity index (χ4n) is 1.75. The molecule has 0 aromatic rings. The van der Waals surface area contributed by atoms with Crippen LogP contribution in [0, 0.1) is 5.92 Å². The third-order valence-corrected chi connectivity index (χ3v) is 2.68. The van der Waals surface area contributed by atoms with Crippen LogP contribution in [0.1, 0.15) is 20.3 Å². The molecule has 1 aliphatic rings. The number of carbonyl (C=O) groups excluding carboxylic acids is 1. The minimum absolute atomic E-state index is 0.0602. The molecule has 0 bridgehead atoms. The second-order valence-corrected chi connectivity index (χ2v) is 3.39. The van der Waals surface area contributed by atoms with Gasteiger partial charge in [0, 0.05) is 12.5 Å². The van der Waals surface area contributed by atoms with Crippen molar-refractivity contribution >= 4 is 5.78 Å². The Balaban J connectivity index is 2.88. The van der Waals surface area contributed by atoms with Gasteiger partial charge in [-0.2, -0.15) is 0 Å². The van der Waals surface area contributed by atoms with Gasteiger partial charge in [-0.25, -0.2) is 0 Å². The van der Waals surface area contributed by atoms with E-state index in [0.717, 1.165) is 13.0 Å². The second-order valence-electron chi connectivity index (χ2n) is 3.39. The average molecular weight is 157 g/mol. The number of nitrogens with zero attached hydrogens (tertiary/aromatic N) is 1. The lowest BCUT2D eigenvalue weighted by Gasteiger charge is -2.31. The number of carbonyl (C=O) groups is 1. The maximum absolute atomic E-state index is 11.1. The predicted molar refractivity (Wildman–Crippen MR) is 42.0 cm³/mol. The largest absolute Gasteiger partial charge is 0.368 e. The molecule has 1 aliphatic heterocycles. The summed E-state index contributed by atoms with van der Waals surface area (Å²) in [7, 11) is 1.78. The second kappa shape index (κ2) is 2.57. The molecule has 2 unspecified atom stereocenters. The lowest BCUT2D eigenvalue weighted by Crippen LogP contribution is -2.51. The van der Waals surface area contributed by atoms with E-state index in [9.17, 15) is 9.90 Å². The highest BCUT2D eigenvalue weighted by Gasteiger charge is 2.46. The summed E-state index contributed by atoms with van der Waals surface area (Å²) in [6, 6.07) is 0. The fraction of sp³-hybridized carbons (Fsp3) is 0.875. The molecule has 0 spiro atoms. The van der Waals surface area contributed by atoms with Crippen LogP contribution in [0.5, 0.6) is 0 Å². The van der Waals surface area contributed by atoms with Crippen molar-refractivity contribution < 1.29 is 9.90 Å². The van der Waals surface area contributed by atoms with Crippen molar-refractivity contribution in [3.05, 3.63) is 0 Å². The number of aliphatic hydroxyl groups is 1. The minimum Gasteiger partial charge on any atom is -0.368 e. The highest BCUT2D eigenvalue weighted by atomic mass is 16.3. The van der Waals surface area contributed by atoms with E-state index in [4.69, 9.17) is 0 Å². The van der Waals surface area contributed by atoms with E-state index < -0.39 is 5.72 Å². The monoisotopic (exact) mass is 157 g/mol. The molecule has 64 valence electrons. The van der Waals surface area contributed by atoms with Crippen molar-refractivity contribution in [1.82, 2.24) is 4.90 Å². The lowest BCUT2D eigenvalue weighted by atomic mass is 9.95. The topological polar surface area (TPSA) is 40.5 Å². The molecular formula is C8H15NO2. The smallest absolute Gasteiger partial charge is 0.180 e. The molecular weight excluding hydrogens is 142 g/mol. The number of ketones is 1. The minimum atomic E-state index is -1.19. The van der Waals surface area contributed by atoms with Gasteiger partial charge < -0.3 is 5.11 Å². The zero-order chi connectivity index (χ0) is 8.65. The van der Waals surface area contributed by atoms with Crippen molar-refractivity contribution in [2.24, 2.45) is 5.92 Å². The summed E-state index contributed by atoms with van der Waals surface area (Å²) in [5, 5.41) is 9.88. The molecule has 0 radical (unpaired) electrons. The summed E-state index contributed by atoms with van der Waals surface area (Å²) in [5.74, 6) is -0.0880. The quantitative estimate of drug-likeness (QED) is 0.592. The number of likely N-dealkylation sites (tertiary alicyclic amines) is 1. The summed E-state index contributed by atoms with van der Waals surface area (Å²) < 4.78 is 0. The Morgan fingerprint density at radius 2 is 2.27 bits per heavy atom. The number of likely N-dealkylation sites (N-methyl/N-ethyl adjacent to an activating group) is 1. The van der Waals surface area contributed by atoms with Gasteiger partial charge in [0.1, 0.15) is 0 Å². The van der Waals surface area contributed by atoms with Crippen LogP contribution in [0.2, 0.25) is 0 Å². The van der Waals surface area contributed by atoms with E-state index in [1.807, 2.05) is 6.92 Å². The Hall–Kier alpha value is -0.410. The van der Waals surface area contributed by atoms with Crippen LogP contribution < -0.4 is 0 Å². The van der Waals surface area contributed by atoms with Gasteiger partial charge in [-0.15, -0.1) is 0 Å². The standard InChI is InChI=1S/C8H15NO2/c1-6-4-5-9(3)8(6,11)7(2)10/h6,11H,4-5H2,1-3H3. The highest BCUT2D eigenvalue weighted by molar-refractivity contribution is 5.84. The molecule has 1 heterocycles. The lowest BCUT2D eigenvalue weighted by molar-refractivity contribution is -0.156. The number of rotatable bonds is 1. The number of Topliss-reactive ketones (excluding diaryl/α,β-unsaturated/α-hetero) is 1. The van der Waals surface area contributed by atoms with Gasteiger partial charge in [-0.3, -0.25) is 9.69 Å². The molecule has 1 N–H and O–H groups in total. The van der Waals surface area contributed by atoms with Gasteiger partial charge in [-0.05, 0) is 20.4 Å². The van der Waals surface area contributed by atoms with Gasteiger partial charge >= 0.3 is 0 Å². The normalized spacial score (nSPS) is 39.5. The van der Waals surface area contributed by atoms with E-state index in [1.54, 1.807) is 11.9 Å². The first kappa shape index (κ1) is 8.68. The summed E-state index contributed by atoms with van der Waals surface area (Å²) >= 11 is 0. The van der Waals surface area contributed by atoms with Crippen LogP contribution in [0.4, 0.5) is 0 Å². The van der Waals surface area contributed by atoms with Crippen LogP contribution in [0.15, 0.2) is 0 Å². The number of hydrogen-bond acceptors (Lipinski definition) is 3. The molecule has 1 rings (SSSR count). The van der Waals surface area contributed by atoms with Gasteiger partial charge in [0.2, 0.25) is 0 Å².